The summed E-state index contributed by atoms with van der Waals surface area (Å²) in [7, 11) is 2.16. The molecule has 0 aromatic heterocycles. The fraction of sp³-hybridized carbons (Fsp3) is 0.600. The smallest absolute Gasteiger partial charge is 0.0406 e. The van der Waals surface area contributed by atoms with Crippen LogP contribution in [0.15, 0.2) is 24.3 Å². The van der Waals surface area contributed by atoms with Gasteiger partial charge < -0.3 is 10.2 Å². The van der Waals surface area contributed by atoms with Gasteiger partial charge in [-0.05, 0) is 50.4 Å². The van der Waals surface area contributed by atoms with Crippen molar-refractivity contribution in [2.45, 2.75) is 32.4 Å². The van der Waals surface area contributed by atoms with E-state index in [1.165, 1.54) is 18.4 Å². The predicted molar refractivity (Wildman–Crippen MR) is 78.0 cm³/mol. The van der Waals surface area contributed by atoms with Crippen molar-refractivity contribution in [3.8, 4) is 0 Å². The number of hydrogen-bond donors (Lipinski definition) is 1. The molecule has 2 rings (SSSR count). The summed E-state index contributed by atoms with van der Waals surface area (Å²) in [5.74, 6) is 0.937. The molecule has 100 valence electrons. The van der Waals surface area contributed by atoms with Crippen LogP contribution in [0.2, 0.25) is 5.02 Å². The molecular weight excluding hydrogens is 244 g/mol. The van der Waals surface area contributed by atoms with Gasteiger partial charge in [0.25, 0.3) is 0 Å². The van der Waals surface area contributed by atoms with Crippen LogP contribution in [0, 0.1) is 5.92 Å². The van der Waals surface area contributed by atoms with Gasteiger partial charge in [-0.25, -0.2) is 0 Å². The van der Waals surface area contributed by atoms with Crippen molar-refractivity contribution in [2.24, 2.45) is 5.92 Å². The van der Waals surface area contributed by atoms with Crippen molar-refractivity contribution < 1.29 is 0 Å². The second-order valence-electron chi connectivity index (χ2n) is 5.44. The Labute approximate surface area is 115 Å². The van der Waals surface area contributed by atoms with E-state index in [0.717, 1.165) is 30.6 Å². The predicted octanol–water partition coefficient (Wildman–Crippen LogP) is 3.16. The lowest BCUT2D eigenvalue weighted by atomic mass is 10.2. The first-order valence-corrected chi connectivity index (χ1v) is 7.19. The largest absolute Gasteiger partial charge is 0.313 e. The SMILES string of the molecule is CC(NCCN(C)Cc1ccc(Cl)cc1)C1CC1. The molecule has 0 saturated heterocycles. The molecule has 1 atom stereocenters. The monoisotopic (exact) mass is 266 g/mol. The minimum atomic E-state index is 0.689. The summed E-state index contributed by atoms with van der Waals surface area (Å²) >= 11 is 5.88. The van der Waals surface area contributed by atoms with Gasteiger partial charge in [-0.2, -0.15) is 0 Å². The van der Waals surface area contributed by atoms with Gasteiger partial charge in [-0.3, -0.25) is 0 Å². The van der Waals surface area contributed by atoms with Gasteiger partial charge in [0.1, 0.15) is 0 Å². The standard InChI is InChI=1S/C15H23ClN2/c1-12(14-5-6-14)17-9-10-18(2)11-13-3-7-15(16)8-4-13/h3-4,7-8,12,14,17H,5-6,9-11H2,1-2H3. The average molecular weight is 267 g/mol. The van der Waals surface area contributed by atoms with E-state index in [9.17, 15) is 0 Å². The number of benzene rings is 1. The summed E-state index contributed by atoms with van der Waals surface area (Å²) in [5.41, 5.74) is 1.32. The Kier molecular flexibility index (Phi) is 5.04. The van der Waals surface area contributed by atoms with E-state index in [0.29, 0.717) is 6.04 Å². The zero-order valence-electron chi connectivity index (χ0n) is 11.3. The van der Waals surface area contributed by atoms with Crippen molar-refractivity contribution in [1.29, 1.82) is 0 Å². The van der Waals surface area contributed by atoms with Gasteiger partial charge in [0.2, 0.25) is 0 Å². The number of hydrogen-bond acceptors (Lipinski definition) is 2. The van der Waals surface area contributed by atoms with E-state index in [1.807, 2.05) is 12.1 Å². The maximum absolute atomic E-state index is 5.88. The fourth-order valence-corrected chi connectivity index (χ4v) is 2.35. The molecule has 1 aromatic carbocycles. The number of nitrogens with one attached hydrogen (secondary N) is 1. The van der Waals surface area contributed by atoms with Crippen LogP contribution in [0.4, 0.5) is 0 Å². The molecule has 1 saturated carbocycles. The summed E-state index contributed by atoms with van der Waals surface area (Å²) in [6.45, 7) is 5.44. The Bertz CT molecular complexity index is 359. The zero-order chi connectivity index (χ0) is 13.0. The van der Waals surface area contributed by atoms with E-state index in [2.05, 4.69) is 36.3 Å². The Morgan fingerprint density at radius 2 is 2.00 bits per heavy atom. The maximum Gasteiger partial charge on any atom is 0.0406 e. The molecule has 1 fully saturated rings. The van der Waals surface area contributed by atoms with E-state index in [4.69, 9.17) is 11.6 Å². The first kappa shape index (κ1) is 13.9. The lowest BCUT2D eigenvalue weighted by Crippen LogP contribution is -2.35. The molecule has 2 nitrogen and oxygen atoms in total. The minimum absolute atomic E-state index is 0.689. The van der Waals surface area contributed by atoms with Crippen LogP contribution in [0.1, 0.15) is 25.3 Å². The van der Waals surface area contributed by atoms with E-state index in [-0.39, 0.29) is 0 Å². The Morgan fingerprint density at radius 1 is 1.33 bits per heavy atom. The maximum atomic E-state index is 5.88. The van der Waals surface area contributed by atoms with E-state index >= 15 is 0 Å². The van der Waals surface area contributed by atoms with Gasteiger partial charge in [-0.15, -0.1) is 0 Å². The Balaban J connectivity index is 1.65. The molecule has 0 amide bonds. The van der Waals surface area contributed by atoms with Crippen LogP contribution in [-0.2, 0) is 6.54 Å². The Hall–Kier alpha value is -0.570. The summed E-state index contributed by atoms with van der Waals surface area (Å²) in [6.07, 6.45) is 2.82. The van der Waals surface area contributed by atoms with Crippen LogP contribution in [0.5, 0.6) is 0 Å². The molecule has 1 unspecified atom stereocenters. The molecule has 0 aliphatic heterocycles. The van der Waals surface area contributed by atoms with Crippen molar-refractivity contribution >= 4 is 11.6 Å². The molecule has 1 aliphatic rings. The van der Waals surface area contributed by atoms with Crippen LogP contribution in [0.25, 0.3) is 0 Å². The second-order valence-corrected chi connectivity index (χ2v) is 5.88. The zero-order valence-corrected chi connectivity index (χ0v) is 12.1. The number of halogens is 1. The number of likely N-dealkylation sites (N-methyl/N-ethyl adjacent to an activating group) is 1. The highest BCUT2D eigenvalue weighted by atomic mass is 35.5. The first-order valence-electron chi connectivity index (χ1n) is 6.81. The first-order chi connectivity index (χ1) is 8.65. The third-order valence-corrected chi connectivity index (χ3v) is 3.91. The lowest BCUT2D eigenvalue weighted by molar-refractivity contribution is 0.315. The highest BCUT2D eigenvalue weighted by Gasteiger charge is 2.27. The van der Waals surface area contributed by atoms with Crippen LogP contribution >= 0.6 is 11.6 Å². The summed E-state index contributed by atoms with van der Waals surface area (Å²) in [5, 5.41) is 4.41. The van der Waals surface area contributed by atoms with E-state index < -0.39 is 0 Å². The molecule has 1 aromatic rings. The highest BCUT2D eigenvalue weighted by molar-refractivity contribution is 6.30. The fourth-order valence-electron chi connectivity index (χ4n) is 2.23. The lowest BCUT2D eigenvalue weighted by Gasteiger charge is -2.19. The molecular formula is C15H23ClN2. The molecule has 1 N–H and O–H groups in total. The Morgan fingerprint density at radius 3 is 2.61 bits per heavy atom. The quantitative estimate of drug-likeness (QED) is 0.816. The summed E-state index contributed by atoms with van der Waals surface area (Å²) in [6, 6.07) is 8.79. The van der Waals surface area contributed by atoms with E-state index in [1.54, 1.807) is 0 Å². The van der Waals surface area contributed by atoms with Gasteiger partial charge >= 0.3 is 0 Å². The topological polar surface area (TPSA) is 15.3 Å². The van der Waals surface area contributed by atoms with Crippen LogP contribution in [0.3, 0.4) is 0 Å². The van der Waals surface area contributed by atoms with Gasteiger partial charge in [0.05, 0.1) is 0 Å². The molecule has 1 aliphatic carbocycles. The summed E-state index contributed by atoms with van der Waals surface area (Å²) < 4.78 is 0. The molecule has 0 spiro atoms. The normalized spacial score (nSPS) is 17.1. The molecule has 0 radical (unpaired) electrons. The summed E-state index contributed by atoms with van der Waals surface area (Å²) in [4.78, 5) is 2.34. The average Bonchev–Trinajstić information content (AvgIpc) is 3.16. The third-order valence-electron chi connectivity index (χ3n) is 3.65. The van der Waals surface area contributed by atoms with Crippen molar-refractivity contribution in [3.05, 3.63) is 34.9 Å². The van der Waals surface area contributed by atoms with Crippen molar-refractivity contribution in [3.63, 3.8) is 0 Å². The minimum Gasteiger partial charge on any atom is -0.313 e. The molecule has 18 heavy (non-hydrogen) atoms. The molecule has 0 bridgehead atoms. The number of nitrogens with zero attached hydrogens (tertiary/aromatic N) is 1. The number of rotatable bonds is 7. The van der Waals surface area contributed by atoms with Crippen molar-refractivity contribution in [1.82, 2.24) is 10.2 Å². The van der Waals surface area contributed by atoms with Crippen molar-refractivity contribution in [2.75, 3.05) is 20.1 Å². The van der Waals surface area contributed by atoms with Crippen LogP contribution in [-0.4, -0.2) is 31.1 Å². The highest BCUT2D eigenvalue weighted by Crippen LogP contribution is 2.32. The molecule has 3 heteroatoms. The van der Waals surface area contributed by atoms with Gasteiger partial charge in [-0.1, -0.05) is 23.7 Å². The second kappa shape index (κ2) is 6.55. The van der Waals surface area contributed by atoms with Crippen LogP contribution < -0.4 is 5.32 Å². The third kappa shape index (κ3) is 4.60. The molecule has 0 heterocycles. The van der Waals surface area contributed by atoms with Gasteiger partial charge in [0.15, 0.2) is 0 Å². The van der Waals surface area contributed by atoms with Gasteiger partial charge in [0, 0.05) is 30.7 Å².